The summed E-state index contributed by atoms with van der Waals surface area (Å²) < 4.78 is 21.1. The summed E-state index contributed by atoms with van der Waals surface area (Å²) in [6, 6.07) is 5.72. The van der Waals surface area contributed by atoms with Crippen molar-refractivity contribution in [2.45, 2.75) is 26.4 Å². The molecule has 0 spiro atoms. The number of hydrogen-bond donors (Lipinski definition) is 0. The number of rotatable bonds is 5. The molecule has 0 aliphatic carbocycles. The molecule has 0 unspecified atom stereocenters. The predicted molar refractivity (Wildman–Crippen MR) is 77.3 cm³/mol. The lowest BCUT2D eigenvalue weighted by molar-refractivity contribution is 0.386. The van der Waals surface area contributed by atoms with E-state index in [1.54, 1.807) is 6.07 Å². The van der Waals surface area contributed by atoms with Crippen LogP contribution in [0.2, 0.25) is 0 Å². The lowest BCUT2D eigenvalue weighted by Gasteiger charge is -2.10. The van der Waals surface area contributed by atoms with E-state index in [2.05, 4.69) is 0 Å². The molecule has 6 heteroatoms. The second kappa shape index (κ2) is 6.39. The highest BCUT2D eigenvalue weighted by molar-refractivity contribution is 5.29. The molecular weight excluding hydrogens is 275 g/mol. The van der Waals surface area contributed by atoms with Gasteiger partial charge in [0.1, 0.15) is 0 Å². The van der Waals surface area contributed by atoms with Crippen LogP contribution < -0.4 is 16.0 Å². The first kappa shape index (κ1) is 15.0. The van der Waals surface area contributed by atoms with Gasteiger partial charge in [0.15, 0.2) is 11.6 Å². The second-order valence-electron chi connectivity index (χ2n) is 4.68. The molecule has 1 aromatic carbocycles. The van der Waals surface area contributed by atoms with Gasteiger partial charge in [-0.1, -0.05) is 13.0 Å². The highest BCUT2D eigenvalue weighted by Gasteiger charge is 2.08. The maximum absolute atomic E-state index is 13.7. The normalized spacial score (nSPS) is 10.6. The molecule has 21 heavy (non-hydrogen) atoms. The third kappa shape index (κ3) is 3.21. The standard InChI is InChI=1S/C15H17FN2O3/c1-3-7-17-8-6-14(19)18(15(17)20)10-11-4-5-13(21-2)12(16)9-11/h4-6,8-9H,3,7,10H2,1-2H3. The Balaban J connectivity index is 2.39. The van der Waals surface area contributed by atoms with Gasteiger partial charge in [-0.2, -0.15) is 0 Å². The average Bonchev–Trinajstić information content (AvgIpc) is 2.47. The zero-order valence-corrected chi connectivity index (χ0v) is 12.0. The number of hydrogen-bond acceptors (Lipinski definition) is 3. The maximum atomic E-state index is 13.7. The quantitative estimate of drug-likeness (QED) is 0.841. The molecule has 0 atom stereocenters. The smallest absolute Gasteiger partial charge is 0.331 e. The van der Waals surface area contributed by atoms with Crippen molar-refractivity contribution in [2.24, 2.45) is 0 Å². The number of aromatic nitrogens is 2. The van der Waals surface area contributed by atoms with Gasteiger partial charge in [0, 0.05) is 18.8 Å². The van der Waals surface area contributed by atoms with E-state index in [9.17, 15) is 14.0 Å². The van der Waals surface area contributed by atoms with Crippen molar-refractivity contribution in [1.82, 2.24) is 9.13 Å². The van der Waals surface area contributed by atoms with Gasteiger partial charge in [-0.25, -0.2) is 9.18 Å². The minimum atomic E-state index is -0.520. The second-order valence-corrected chi connectivity index (χ2v) is 4.68. The molecule has 2 rings (SSSR count). The third-order valence-corrected chi connectivity index (χ3v) is 3.16. The summed E-state index contributed by atoms with van der Waals surface area (Å²) in [5.74, 6) is -0.393. The monoisotopic (exact) mass is 292 g/mol. The summed E-state index contributed by atoms with van der Waals surface area (Å²) in [6.45, 7) is 2.51. The number of benzene rings is 1. The van der Waals surface area contributed by atoms with Crippen LogP contribution in [0.15, 0.2) is 40.1 Å². The molecule has 112 valence electrons. The van der Waals surface area contributed by atoms with Crippen molar-refractivity contribution in [3.05, 3.63) is 62.7 Å². The molecule has 0 bridgehead atoms. The van der Waals surface area contributed by atoms with E-state index in [4.69, 9.17) is 4.74 Å². The summed E-state index contributed by atoms with van der Waals surface area (Å²) in [6.07, 6.45) is 2.27. The molecule has 0 aliphatic rings. The topological polar surface area (TPSA) is 53.2 Å². The summed E-state index contributed by atoms with van der Waals surface area (Å²) in [4.78, 5) is 24.0. The number of nitrogens with zero attached hydrogens (tertiary/aromatic N) is 2. The fourth-order valence-corrected chi connectivity index (χ4v) is 2.10. The minimum absolute atomic E-state index is 0.0309. The van der Waals surface area contributed by atoms with Crippen molar-refractivity contribution in [1.29, 1.82) is 0 Å². The summed E-state index contributed by atoms with van der Waals surface area (Å²) in [5.41, 5.74) is -0.258. The molecule has 0 radical (unpaired) electrons. The van der Waals surface area contributed by atoms with E-state index in [0.717, 1.165) is 11.0 Å². The van der Waals surface area contributed by atoms with E-state index in [-0.39, 0.29) is 18.0 Å². The highest BCUT2D eigenvalue weighted by atomic mass is 19.1. The van der Waals surface area contributed by atoms with Crippen molar-refractivity contribution in [3.63, 3.8) is 0 Å². The minimum Gasteiger partial charge on any atom is -0.494 e. The molecule has 1 heterocycles. The number of aryl methyl sites for hydroxylation is 1. The summed E-state index contributed by atoms with van der Waals surface area (Å²) >= 11 is 0. The zero-order valence-electron chi connectivity index (χ0n) is 12.0. The Morgan fingerprint density at radius 2 is 2.00 bits per heavy atom. The number of ether oxygens (including phenoxy) is 1. The van der Waals surface area contributed by atoms with Crippen LogP contribution in [-0.4, -0.2) is 16.2 Å². The highest BCUT2D eigenvalue weighted by Crippen LogP contribution is 2.17. The van der Waals surface area contributed by atoms with Gasteiger partial charge in [-0.3, -0.25) is 9.36 Å². The van der Waals surface area contributed by atoms with Gasteiger partial charge in [0.2, 0.25) is 0 Å². The average molecular weight is 292 g/mol. The van der Waals surface area contributed by atoms with Gasteiger partial charge >= 0.3 is 5.69 Å². The molecule has 0 fully saturated rings. The van der Waals surface area contributed by atoms with Crippen LogP contribution >= 0.6 is 0 Å². The molecule has 0 N–H and O–H groups in total. The van der Waals surface area contributed by atoms with E-state index in [1.807, 2.05) is 6.92 Å². The lowest BCUT2D eigenvalue weighted by Crippen LogP contribution is -2.39. The Hall–Kier alpha value is -2.37. The van der Waals surface area contributed by atoms with E-state index in [1.165, 1.54) is 36.1 Å². The first-order valence-corrected chi connectivity index (χ1v) is 6.69. The van der Waals surface area contributed by atoms with E-state index < -0.39 is 11.4 Å². The Labute approximate surface area is 121 Å². The van der Waals surface area contributed by atoms with Crippen LogP contribution in [0.5, 0.6) is 5.75 Å². The summed E-state index contributed by atoms with van der Waals surface area (Å²) in [7, 11) is 1.38. The van der Waals surface area contributed by atoms with Crippen LogP contribution in [0.1, 0.15) is 18.9 Å². The van der Waals surface area contributed by atoms with Crippen molar-refractivity contribution in [2.75, 3.05) is 7.11 Å². The van der Waals surface area contributed by atoms with Crippen LogP contribution in [0.4, 0.5) is 4.39 Å². The van der Waals surface area contributed by atoms with Crippen LogP contribution in [0.25, 0.3) is 0 Å². The van der Waals surface area contributed by atoms with Crippen LogP contribution in [-0.2, 0) is 13.1 Å². The van der Waals surface area contributed by atoms with Gasteiger partial charge in [-0.05, 0) is 24.1 Å². The molecular formula is C15H17FN2O3. The van der Waals surface area contributed by atoms with Gasteiger partial charge in [-0.15, -0.1) is 0 Å². The van der Waals surface area contributed by atoms with E-state index in [0.29, 0.717) is 12.1 Å². The van der Waals surface area contributed by atoms with Crippen molar-refractivity contribution in [3.8, 4) is 5.75 Å². The Bertz CT molecular complexity index is 749. The fraction of sp³-hybridized carbons (Fsp3) is 0.333. The third-order valence-electron chi connectivity index (χ3n) is 3.16. The maximum Gasteiger partial charge on any atom is 0.331 e. The molecule has 0 amide bonds. The van der Waals surface area contributed by atoms with Crippen molar-refractivity contribution < 1.29 is 9.13 Å². The fourth-order valence-electron chi connectivity index (χ4n) is 2.10. The molecule has 2 aromatic rings. The van der Waals surface area contributed by atoms with Crippen LogP contribution in [0.3, 0.4) is 0 Å². The lowest BCUT2D eigenvalue weighted by atomic mass is 10.2. The number of halogens is 1. The zero-order chi connectivity index (χ0) is 15.4. The predicted octanol–water partition coefficient (Wildman–Crippen LogP) is 1.62. The van der Waals surface area contributed by atoms with Gasteiger partial charge in [0.25, 0.3) is 5.56 Å². The summed E-state index contributed by atoms with van der Waals surface area (Å²) in [5, 5.41) is 0. The van der Waals surface area contributed by atoms with Gasteiger partial charge < -0.3 is 9.30 Å². The first-order valence-electron chi connectivity index (χ1n) is 6.69. The Morgan fingerprint density at radius 3 is 2.62 bits per heavy atom. The molecule has 0 saturated heterocycles. The molecule has 1 aromatic heterocycles. The largest absolute Gasteiger partial charge is 0.494 e. The van der Waals surface area contributed by atoms with E-state index >= 15 is 0 Å². The van der Waals surface area contributed by atoms with Gasteiger partial charge in [0.05, 0.1) is 13.7 Å². The Morgan fingerprint density at radius 1 is 1.24 bits per heavy atom. The SMILES string of the molecule is CCCn1ccc(=O)n(Cc2ccc(OC)c(F)c2)c1=O. The number of methoxy groups -OCH3 is 1. The molecule has 0 saturated carbocycles. The Kier molecular flexibility index (Phi) is 4.57. The van der Waals surface area contributed by atoms with Crippen LogP contribution in [0, 0.1) is 5.82 Å². The first-order chi connectivity index (χ1) is 10.1. The molecule has 5 nitrogen and oxygen atoms in total. The van der Waals surface area contributed by atoms with Crippen molar-refractivity contribution >= 4 is 0 Å². The molecule has 0 aliphatic heterocycles.